The van der Waals surface area contributed by atoms with Crippen LogP contribution in [0.25, 0.3) is 0 Å². The summed E-state index contributed by atoms with van der Waals surface area (Å²) in [5.74, 6) is 0.363. The summed E-state index contributed by atoms with van der Waals surface area (Å²) in [6.07, 6.45) is 0. The number of nitrogen functional groups attached to an aromatic ring is 1. The van der Waals surface area contributed by atoms with E-state index < -0.39 is 0 Å². The van der Waals surface area contributed by atoms with Gasteiger partial charge in [-0.3, -0.25) is 4.79 Å². The number of amides is 1. The Kier molecular flexibility index (Phi) is 5.36. The van der Waals surface area contributed by atoms with Crippen LogP contribution in [0.3, 0.4) is 0 Å². The van der Waals surface area contributed by atoms with Gasteiger partial charge in [0.05, 0.1) is 5.71 Å². The molecule has 23 heavy (non-hydrogen) atoms. The molecule has 2 aromatic rings. The Bertz CT molecular complexity index is 719. The van der Waals surface area contributed by atoms with E-state index in [0.717, 1.165) is 16.7 Å². The van der Waals surface area contributed by atoms with Gasteiger partial charge in [0, 0.05) is 5.69 Å². The van der Waals surface area contributed by atoms with Crippen LogP contribution < -0.4 is 15.9 Å². The second-order valence-corrected chi connectivity index (χ2v) is 5.47. The van der Waals surface area contributed by atoms with Crippen molar-refractivity contribution < 1.29 is 9.53 Å². The molecule has 0 radical (unpaired) electrons. The first-order chi connectivity index (χ1) is 10.9. The summed E-state index contributed by atoms with van der Waals surface area (Å²) in [5, 5.41) is 4.06. The van der Waals surface area contributed by atoms with Crippen LogP contribution in [0, 0.1) is 13.8 Å². The molecule has 0 atom stereocenters. The number of rotatable bonds is 5. The average Bonchev–Trinajstić information content (AvgIpc) is 2.49. The minimum absolute atomic E-state index is 0.0867. The molecule has 3 N–H and O–H groups in total. The number of hydrazone groups is 1. The summed E-state index contributed by atoms with van der Waals surface area (Å²) in [6, 6.07) is 13.2. The van der Waals surface area contributed by atoms with Gasteiger partial charge in [0.25, 0.3) is 5.91 Å². The molecule has 0 bridgehead atoms. The van der Waals surface area contributed by atoms with Crippen molar-refractivity contribution in [3.8, 4) is 5.75 Å². The van der Waals surface area contributed by atoms with E-state index in [0.29, 0.717) is 17.1 Å². The second kappa shape index (κ2) is 7.45. The molecule has 0 aliphatic carbocycles. The Labute approximate surface area is 136 Å². The van der Waals surface area contributed by atoms with Gasteiger partial charge >= 0.3 is 0 Å². The van der Waals surface area contributed by atoms with Gasteiger partial charge in [-0.1, -0.05) is 18.2 Å². The molecule has 1 amide bonds. The second-order valence-electron chi connectivity index (χ2n) is 5.47. The maximum Gasteiger partial charge on any atom is 0.277 e. The SMILES string of the molecule is C/C(=N\NC(=O)COc1cc(C)cc(C)c1)c1cccc(N)c1. The van der Waals surface area contributed by atoms with Gasteiger partial charge in [-0.15, -0.1) is 0 Å². The Morgan fingerprint density at radius 3 is 2.52 bits per heavy atom. The van der Waals surface area contributed by atoms with Crippen molar-refractivity contribution in [1.29, 1.82) is 0 Å². The minimum Gasteiger partial charge on any atom is -0.484 e. The standard InChI is InChI=1S/C18H21N3O2/c1-12-7-13(2)9-17(8-12)23-11-18(22)21-20-14(3)15-5-4-6-16(19)10-15/h4-10H,11,19H2,1-3H3,(H,21,22)/b20-14+. The van der Waals surface area contributed by atoms with Crippen molar-refractivity contribution >= 4 is 17.3 Å². The average molecular weight is 311 g/mol. The van der Waals surface area contributed by atoms with E-state index in [1.165, 1.54) is 0 Å². The zero-order chi connectivity index (χ0) is 16.8. The van der Waals surface area contributed by atoms with E-state index in [2.05, 4.69) is 10.5 Å². The van der Waals surface area contributed by atoms with Crippen LogP contribution in [-0.2, 0) is 4.79 Å². The number of nitrogens with one attached hydrogen (secondary N) is 1. The van der Waals surface area contributed by atoms with Gasteiger partial charge in [-0.2, -0.15) is 5.10 Å². The molecule has 0 fully saturated rings. The number of aryl methyl sites for hydroxylation is 2. The van der Waals surface area contributed by atoms with Gasteiger partial charge in [0.15, 0.2) is 6.61 Å². The quantitative estimate of drug-likeness (QED) is 0.506. The number of ether oxygens (including phenoxy) is 1. The normalized spacial score (nSPS) is 11.2. The van der Waals surface area contributed by atoms with Crippen LogP contribution in [0.1, 0.15) is 23.6 Å². The van der Waals surface area contributed by atoms with Crippen molar-refractivity contribution in [2.24, 2.45) is 5.10 Å². The molecule has 0 aromatic heterocycles. The van der Waals surface area contributed by atoms with Gasteiger partial charge in [0.1, 0.15) is 5.75 Å². The Morgan fingerprint density at radius 2 is 1.87 bits per heavy atom. The smallest absolute Gasteiger partial charge is 0.277 e. The molecule has 0 saturated heterocycles. The molecule has 5 nitrogen and oxygen atoms in total. The van der Waals surface area contributed by atoms with Crippen LogP contribution in [0.4, 0.5) is 5.69 Å². The third-order valence-corrected chi connectivity index (χ3v) is 3.22. The summed E-state index contributed by atoms with van der Waals surface area (Å²) in [4.78, 5) is 11.8. The minimum atomic E-state index is -0.313. The number of benzene rings is 2. The molecule has 120 valence electrons. The van der Waals surface area contributed by atoms with Crippen LogP contribution in [0.2, 0.25) is 0 Å². The van der Waals surface area contributed by atoms with E-state index in [1.54, 1.807) is 19.1 Å². The first-order valence-electron chi connectivity index (χ1n) is 7.34. The first-order valence-corrected chi connectivity index (χ1v) is 7.34. The third kappa shape index (κ3) is 5.14. The van der Waals surface area contributed by atoms with Crippen LogP contribution >= 0.6 is 0 Å². The van der Waals surface area contributed by atoms with Crippen molar-refractivity contribution in [3.05, 3.63) is 59.2 Å². The Hall–Kier alpha value is -2.82. The van der Waals surface area contributed by atoms with Crippen molar-refractivity contribution in [3.63, 3.8) is 0 Å². The number of carbonyl (C=O) groups excluding carboxylic acids is 1. The number of anilines is 1. The molecule has 2 rings (SSSR count). The monoisotopic (exact) mass is 311 g/mol. The first kappa shape index (κ1) is 16.5. The Morgan fingerprint density at radius 1 is 1.17 bits per heavy atom. The number of hydrogen-bond acceptors (Lipinski definition) is 4. The highest BCUT2D eigenvalue weighted by Gasteiger charge is 2.04. The lowest BCUT2D eigenvalue weighted by atomic mass is 10.1. The van der Waals surface area contributed by atoms with Crippen molar-refractivity contribution in [2.75, 3.05) is 12.3 Å². The lowest BCUT2D eigenvalue weighted by Gasteiger charge is -2.08. The highest BCUT2D eigenvalue weighted by Crippen LogP contribution is 2.15. The summed E-state index contributed by atoms with van der Waals surface area (Å²) in [5.41, 5.74) is 12.6. The van der Waals surface area contributed by atoms with Gasteiger partial charge in [-0.25, -0.2) is 5.43 Å². The van der Waals surface area contributed by atoms with E-state index in [9.17, 15) is 4.79 Å². The molecule has 0 aliphatic rings. The van der Waals surface area contributed by atoms with Crippen LogP contribution in [0.15, 0.2) is 47.6 Å². The number of hydrogen-bond donors (Lipinski definition) is 2. The lowest BCUT2D eigenvalue weighted by molar-refractivity contribution is -0.123. The summed E-state index contributed by atoms with van der Waals surface area (Å²) in [6.45, 7) is 5.69. The van der Waals surface area contributed by atoms with Crippen molar-refractivity contribution in [1.82, 2.24) is 5.43 Å². The van der Waals surface area contributed by atoms with E-state index >= 15 is 0 Å². The summed E-state index contributed by atoms with van der Waals surface area (Å²) in [7, 11) is 0. The fraction of sp³-hybridized carbons (Fsp3) is 0.222. The molecule has 0 heterocycles. The topological polar surface area (TPSA) is 76.7 Å². The fourth-order valence-corrected chi connectivity index (χ4v) is 2.17. The lowest BCUT2D eigenvalue weighted by Crippen LogP contribution is -2.25. The third-order valence-electron chi connectivity index (χ3n) is 3.22. The summed E-state index contributed by atoms with van der Waals surface area (Å²) >= 11 is 0. The molecule has 2 aromatic carbocycles. The molecular weight excluding hydrogens is 290 g/mol. The summed E-state index contributed by atoms with van der Waals surface area (Å²) < 4.78 is 5.49. The largest absolute Gasteiger partial charge is 0.484 e. The Balaban J connectivity index is 1.90. The van der Waals surface area contributed by atoms with Gasteiger partial charge in [-0.05, 0) is 61.7 Å². The highest BCUT2D eigenvalue weighted by atomic mass is 16.5. The zero-order valence-corrected chi connectivity index (χ0v) is 13.6. The van der Waals surface area contributed by atoms with Gasteiger partial charge < -0.3 is 10.5 Å². The molecule has 0 aliphatic heterocycles. The maximum atomic E-state index is 11.8. The van der Waals surface area contributed by atoms with E-state index in [1.807, 2.05) is 44.2 Å². The molecule has 0 unspecified atom stereocenters. The highest BCUT2D eigenvalue weighted by molar-refractivity contribution is 5.99. The van der Waals surface area contributed by atoms with E-state index in [-0.39, 0.29) is 12.5 Å². The zero-order valence-electron chi connectivity index (χ0n) is 13.6. The maximum absolute atomic E-state index is 11.8. The van der Waals surface area contributed by atoms with E-state index in [4.69, 9.17) is 10.5 Å². The van der Waals surface area contributed by atoms with Crippen molar-refractivity contribution in [2.45, 2.75) is 20.8 Å². The van der Waals surface area contributed by atoms with Crippen LogP contribution in [0.5, 0.6) is 5.75 Å². The van der Waals surface area contributed by atoms with Gasteiger partial charge in [0.2, 0.25) is 0 Å². The number of carbonyl (C=O) groups is 1. The fourth-order valence-electron chi connectivity index (χ4n) is 2.17. The van der Waals surface area contributed by atoms with Crippen LogP contribution in [-0.4, -0.2) is 18.2 Å². The molecule has 0 spiro atoms. The number of nitrogens with two attached hydrogens (primary N) is 1. The predicted octanol–water partition coefficient (Wildman–Crippen LogP) is 2.80. The molecular formula is C18H21N3O2. The molecule has 0 saturated carbocycles. The number of nitrogens with zero attached hydrogens (tertiary/aromatic N) is 1. The molecule has 5 heteroatoms. The predicted molar refractivity (Wildman–Crippen MR) is 92.6 cm³/mol.